The summed E-state index contributed by atoms with van der Waals surface area (Å²) in [5.41, 5.74) is 0.698. The van der Waals surface area contributed by atoms with Crippen molar-refractivity contribution in [1.82, 2.24) is 15.1 Å². The minimum Gasteiger partial charge on any atom is -0.466 e. The van der Waals surface area contributed by atoms with Crippen LogP contribution in [0.15, 0.2) is 18.2 Å². The molecule has 1 aliphatic rings. The second kappa shape index (κ2) is 8.15. The number of amides is 1. The molecule has 2 heterocycles. The number of ether oxygens (including phenoxy) is 1. The third-order valence-corrected chi connectivity index (χ3v) is 4.83. The number of hydrogen-bond donors (Lipinski definition) is 1. The lowest BCUT2D eigenvalue weighted by molar-refractivity contribution is -0.384. The molecular weight excluding hydrogens is 352 g/mol. The van der Waals surface area contributed by atoms with E-state index in [1.807, 2.05) is 0 Å². The summed E-state index contributed by atoms with van der Waals surface area (Å²) >= 11 is 0. The fourth-order valence-electron chi connectivity index (χ4n) is 3.47. The maximum Gasteiger partial charge on any atom is 0.305 e. The molecular formula is C18H22N4O5. The van der Waals surface area contributed by atoms with E-state index in [4.69, 9.17) is 4.74 Å². The number of likely N-dealkylation sites (tertiary alicyclic amines) is 1. The zero-order valence-corrected chi connectivity index (χ0v) is 15.1. The Hall–Kier alpha value is -2.97. The summed E-state index contributed by atoms with van der Waals surface area (Å²) in [7, 11) is 0. The van der Waals surface area contributed by atoms with Gasteiger partial charge in [-0.05, 0) is 38.2 Å². The molecule has 1 aromatic carbocycles. The molecule has 0 spiro atoms. The Morgan fingerprint density at radius 3 is 3.00 bits per heavy atom. The molecule has 3 rings (SSSR count). The van der Waals surface area contributed by atoms with Crippen LogP contribution < -0.4 is 0 Å². The fourth-order valence-corrected chi connectivity index (χ4v) is 3.47. The van der Waals surface area contributed by atoms with Gasteiger partial charge in [0.1, 0.15) is 0 Å². The highest BCUT2D eigenvalue weighted by Gasteiger charge is 2.28. The average molecular weight is 374 g/mol. The van der Waals surface area contributed by atoms with Crippen molar-refractivity contribution in [2.45, 2.75) is 32.6 Å². The Morgan fingerprint density at radius 2 is 2.26 bits per heavy atom. The molecule has 9 nitrogen and oxygen atoms in total. The number of aromatic amines is 1. The number of nitro groups is 1. The zero-order valence-electron chi connectivity index (χ0n) is 15.1. The summed E-state index contributed by atoms with van der Waals surface area (Å²) in [6, 6.07) is 4.30. The van der Waals surface area contributed by atoms with Gasteiger partial charge in [-0.1, -0.05) is 0 Å². The van der Waals surface area contributed by atoms with Gasteiger partial charge in [-0.3, -0.25) is 24.8 Å². The molecule has 1 saturated heterocycles. The second-order valence-electron chi connectivity index (χ2n) is 6.66. The summed E-state index contributed by atoms with van der Waals surface area (Å²) in [4.78, 5) is 36.7. The predicted molar refractivity (Wildman–Crippen MR) is 97.2 cm³/mol. The topological polar surface area (TPSA) is 118 Å². The molecule has 1 aliphatic heterocycles. The van der Waals surface area contributed by atoms with Crippen LogP contribution in [0.4, 0.5) is 5.69 Å². The number of carbonyl (C=O) groups is 2. The third kappa shape index (κ3) is 4.24. The number of piperidine rings is 1. The number of fused-ring (bicyclic) bond motifs is 1. The van der Waals surface area contributed by atoms with Crippen LogP contribution in [0.2, 0.25) is 0 Å². The minimum absolute atomic E-state index is 0.0797. The lowest BCUT2D eigenvalue weighted by atomic mass is 9.93. The van der Waals surface area contributed by atoms with Gasteiger partial charge in [-0.2, -0.15) is 5.10 Å². The van der Waals surface area contributed by atoms with Crippen molar-refractivity contribution in [2.24, 2.45) is 5.92 Å². The zero-order chi connectivity index (χ0) is 19.4. The van der Waals surface area contributed by atoms with Crippen LogP contribution in [0.3, 0.4) is 0 Å². The first-order valence-electron chi connectivity index (χ1n) is 9.07. The first kappa shape index (κ1) is 18.8. The molecule has 2 aromatic rings. The Bertz CT molecular complexity index is 863. The molecule has 27 heavy (non-hydrogen) atoms. The number of hydrogen-bond acceptors (Lipinski definition) is 6. The summed E-state index contributed by atoms with van der Waals surface area (Å²) < 4.78 is 4.96. The van der Waals surface area contributed by atoms with E-state index < -0.39 is 4.92 Å². The van der Waals surface area contributed by atoms with Gasteiger partial charge in [0.05, 0.1) is 17.0 Å². The molecule has 0 saturated carbocycles. The molecule has 0 aliphatic carbocycles. The number of rotatable bonds is 6. The smallest absolute Gasteiger partial charge is 0.305 e. The molecule has 1 atom stereocenters. The van der Waals surface area contributed by atoms with E-state index >= 15 is 0 Å². The number of nitro benzene ring substituents is 1. The molecule has 9 heteroatoms. The molecule has 1 fully saturated rings. The fraction of sp³-hybridized carbons (Fsp3) is 0.500. The van der Waals surface area contributed by atoms with Gasteiger partial charge in [0.2, 0.25) is 0 Å². The van der Waals surface area contributed by atoms with Crippen LogP contribution in [-0.4, -0.2) is 51.6 Å². The Labute approximate surface area is 155 Å². The van der Waals surface area contributed by atoms with Crippen molar-refractivity contribution >= 4 is 28.5 Å². The van der Waals surface area contributed by atoms with Gasteiger partial charge in [0.25, 0.3) is 11.6 Å². The number of H-pyrrole nitrogens is 1. The maximum atomic E-state index is 12.9. The molecule has 1 amide bonds. The standard InChI is InChI=1S/C18H22N4O5/c1-2-27-16(23)8-5-12-4-3-9-21(11-12)18(24)17-14-10-13(22(25)26)6-7-15(14)19-20-17/h6-7,10,12H,2-5,8-9,11H2,1H3,(H,19,20)/t12-/m1/s1. The number of non-ortho nitro benzene ring substituents is 1. The first-order chi connectivity index (χ1) is 13.0. The molecule has 0 radical (unpaired) electrons. The number of carbonyl (C=O) groups excluding carboxylic acids is 2. The van der Waals surface area contributed by atoms with E-state index in [2.05, 4.69) is 10.2 Å². The van der Waals surface area contributed by atoms with Gasteiger partial charge in [0, 0.05) is 37.0 Å². The van der Waals surface area contributed by atoms with Crippen LogP contribution in [0.5, 0.6) is 0 Å². The molecule has 0 bridgehead atoms. The van der Waals surface area contributed by atoms with Crippen LogP contribution >= 0.6 is 0 Å². The maximum absolute atomic E-state index is 12.9. The number of aromatic nitrogens is 2. The summed E-state index contributed by atoms with van der Waals surface area (Å²) in [6.45, 7) is 3.30. The first-order valence-corrected chi connectivity index (χ1v) is 9.07. The van der Waals surface area contributed by atoms with Crippen molar-refractivity contribution in [3.05, 3.63) is 34.0 Å². The minimum atomic E-state index is -0.493. The molecule has 1 aromatic heterocycles. The van der Waals surface area contributed by atoms with Crippen molar-refractivity contribution in [3.63, 3.8) is 0 Å². The van der Waals surface area contributed by atoms with Crippen LogP contribution in [-0.2, 0) is 9.53 Å². The largest absolute Gasteiger partial charge is 0.466 e. The average Bonchev–Trinajstić information content (AvgIpc) is 3.09. The van der Waals surface area contributed by atoms with Gasteiger partial charge in [-0.15, -0.1) is 0 Å². The van der Waals surface area contributed by atoms with E-state index in [9.17, 15) is 19.7 Å². The molecule has 1 N–H and O–H groups in total. The lowest BCUT2D eigenvalue weighted by Gasteiger charge is -2.32. The van der Waals surface area contributed by atoms with Gasteiger partial charge in [0.15, 0.2) is 5.69 Å². The number of benzene rings is 1. The van der Waals surface area contributed by atoms with Crippen LogP contribution in [0, 0.1) is 16.0 Å². The van der Waals surface area contributed by atoms with E-state index in [-0.39, 0.29) is 29.2 Å². The van der Waals surface area contributed by atoms with E-state index in [1.54, 1.807) is 17.9 Å². The quantitative estimate of drug-likeness (QED) is 0.472. The number of nitrogens with one attached hydrogen (secondary N) is 1. The van der Waals surface area contributed by atoms with E-state index in [0.717, 1.165) is 12.8 Å². The lowest BCUT2D eigenvalue weighted by Crippen LogP contribution is -2.40. The SMILES string of the molecule is CCOC(=O)CC[C@H]1CCCN(C(=O)c2n[nH]c3ccc([N+](=O)[O-])cc23)C1. The van der Waals surface area contributed by atoms with Crippen molar-refractivity contribution in [1.29, 1.82) is 0 Å². The Balaban J connectivity index is 1.71. The predicted octanol–water partition coefficient (Wildman–Crippen LogP) is 2.67. The monoisotopic (exact) mass is 374 g/mol. The number of nitrogens with zero attached hydrogens (tertiary/aromatic N) is 3. The van der Waals surface area contributed by atoms with Crippen LogP contribution in [0.1, 0.15) is 43.1 Å². The van der Waals surface area contributed by atoms with E-state index in [1.165, 1.54) is 12.1 Å². The summed E-state index contributed by atoms with van der Waals surface area (Å²) in [5.74, 6) is -0.235. The van der Waals surface area contributed by atoms with Crippen LogP contribution in [0.25, 0.3) is 10.9 Å². The molecule has 0 unspecified atom stereocenters. The van der Waals surface area contributed by atoms with Gasteiger partial charge >= 0.3 is 5.97 Å². The number of esters is 1. The van der Waals surface area contributed by atoms with Crippen molar-refractivity contribution in [2.75, 3.05) is 19.7 Å². The van der Waals surface area contributed by atoms with E-state index in [0.29, 0.717) is 43.4 Å². The highest BCUT2D eigenvalue weighted by molar-refractivity contribution is 6.05. The second-order valence-corrected chi connectivity index (χ2v) is 6.66. The highest BCUT2D eigenvalue weighted by atomic mass is 16.6. The molecule has 144 valence electrons. The van der Waals surface area contributed by atoms with Crippen molar-refractivity contribution in [3.8, 4) is 0 Å². The normalized spacial score (nSPS) is 17.1. The Kier molecular flexibility index (Phi) is 5.68. The summed E-state index contributed by atoms with van der Waals surface area (Å²) in [6.07, 6.45) is 2.82. The van der Waals surface area contributed by atoms with Crippen molar-refractivity contribution < 1.29 is 19.2 Å². The van der Waals surface area contributed by atoms with Gasteiger partial charge < -0.3 is 9.64 Å². The van der Waals surface area contributed by atoms with Gasteiger partial charge in [-0.25, -0.2) is 0 Å². The summed E-state index contributed by atoms with van der Waals surface area (Å²) in [5, 5.41) is 18.3. The third-order valence-electron chi connectivity index (χ3n) is 4.83. The Morgan fingerprint density at radius 1 is 1.44 bits per heavy atom. The highest BCUT2D eigenvalue weighted by Crippen LogP contribution is 2.26.